The molecule has 4 aromatic rings. The highest BCUT2D eigenvalue weighted by Gasteiger charge is 2.24. The van der Waals surface area contributed by atoms with Gasteiger partial charge in [0.05, 0.1) is 25.5 Å². The fourth-order valence-electron chi connectivity index (χ4n) is 3.09. The minimum absolute atomic E-state index is 0.367. The summed E-state index contributed by atoms with van der Waals surface area (Å²) in [5.41, 5.74) is 3.20. The SMILES string of the molecule is COc1nc2c(-n3ccnc3)c(-c3n[nH]c(CN(C)C)n3)n(C)c2cc1Cl. The average Bonchev–Trinajstić information content (AvgIpc) is 3.34. The fraction of sp³-hybridized carbons (Fsp3) is 0.294. The molecule has 0 atom stereocenters. The molecule has 0 bridgehead atoms. The van der Waals surface area contributed by atoms with Gasteiger partial charge < -0.3 is 18.8 Å². The number of aromatic nitrogens is 7. The Labute approximate surface area is 160 Å². The smallest absolute Gasteiger partial charge is 0.233 e. The van der Waals surface area contributed by atoms with Crippen LogP contribution in [0.5, 0.6) is 5.88 Å². The molecule has 0 fully saturated rings. The van der Waals surface area contributed by atoms with Gasteiger partial charge in [0.2, 0.25) is 5.88 Å². The number of imidazole rings is 1. The van der Waals surface area contributed by atoms with Crippen LogP contribution in [0.2, 0.25) is 5.02 Å². The first-order chi connectivity index (χ1) is 13.0. The van der Waals surface area contributed by atoms with Crippen molar-refractivity contribution < 1.29 is 4.74 Å². The van der Waals surface area contributed by atoms with Gasteiger partial charge >= 0.3 is 0 Å². The third-order valence-electron chi connectivity index (χ3n) is 4.23. The van der Waals surface area contributed by atoms with E-state index in [1.54, 1.807) is 19.6 Å². The average molecular weight is 387 g/mol. The number of hydrogen-bond acceptors (Lipinski definition) is 6. The van der Waals surface area contributed by atoms with E-state index in [-0.39, 0.29) is 0 Å². The molecule has 0 aliphatic carbocycles. The summed E-state index contributed by atoms with van der Waals surface area (Å²) in [5, 5.41) is 7.87. The molecule has 0 aromatic carbocycles. The van der Waals surface area contributed by atoms with E-state index in [1.165, 1.54) is 0 Å². The lowest BCUT2D eigenvalue weighted by atomic mass is 10.3. The van der Waals surface area contributed by atoms with Gasteiger partial charge in [-0.05, 0) is 20.2 Å². The van der Waals surface area contributed by atoms with Gasteiger partial charge in [0, 0.05) is 19.4 Å². The molecular formula is C17H19ClN8O. The van der Waals surface area contributed by atoms with Crippen molar-refractivity contribution >= 4 is 22.6 Å². The third kappa shape index (κ3) is 2.94. The van der Waals surface area contributed by atoms with Crippen LogP contribution in [0.25, 0.3) is 28.2 Å². The number of rotatable bonds is 5. The maximum absolute atomic E-state index is 6.31. The van der Waals surface area contributed by atoms with Crippen molar-refractivity contribution in [2.24, 2.45) is 7.05 Å². The van der Waals surface area contributed by atoms with Gasteiger partial charge in [0.25, 0.3) is 0 Å². The Balaban J connectivity index is 2.00. The van der Waals surface area contributed by atoms with Gasteiger partial charge in [0.15, 0.2) is 5.82 Å². The zero-order chi connectivity index (χ0) is 19.1. The first-order valence-corrected chi connectivity index (χ1v) is 8.65. The van der Waals surface area contributed by atoms with Gasteiger partial charge in [-0.2, -0.15) is 5.10 Å². The molecule has 27 heavy (non-hydrogen) atoms. The van der Waals surface area contributed by atoms with E-state index in [2.05, 4.69) is 25.1 Å². The number of ether oxygens (including phenoxy) is 1. The van der Waals surface area contributed by atoms with Gasteiger partial charge in [0.1, 0.15) is 27.7 Å². The summed E-state index contributed by atoms with van der Waals surface area (Å²) in [6, 6.07) is 1.83. The topological polar surface area (TPSA) is 89.7 Å². The molecule has 4 aromatic heterocycles. The van der Waals surface area contributed by atoms with Crippen LogP contribution in [-0.2, 0) is 13.6 Å². The zero-order valence-electron chi connectivity index (χ0n) is 15.4. The van der Waals surface area contributed by atoms with E-state index < -0.39 is 0 Å². The van der Waals surface area contributed by atoms with Crippen LogP contribution < -0.4 is 4.74 Å². The van der Waals surface area contributed by atoms with E-state index in [4.69, 9.17) is 16.3 Å². The minimum atomic E-state index is 0.367. The van der Waals surface area contributed by atoms with Crippen molar-refractivity contribution in [2.45, 2.75) is 6.54 Å². The summed E-state index contributed by atoms with van der Waals surface area (Å²) < 4.78 is 9.17. The van der Waals surface area contributed by atoms with Crippen LogP contribution in [0.15, 0.2) is 24.8 Å². The molecule has 0 saturated carbocycles. The number of hydrogen-bond donors (Lipinski definition) is 1. The van der Waals surface area contributed by atoms with Gasteiger partial charge in [-0.25, -0.2) is 15.0 Å². The molecule has 0 aliphatic rings. The van der Waals surface area contributed by atoms with E-state index in [0.29, 0.717) is 23.3 Å². The Kier molecular flexibility index (Phi) is 4.33. The van der Waals surface area contributed by atoms with Crippen LogP contribution in [0.3, 0.4) is 0 Å². The molecule has 4 rings (SSSR count). The highest BCUT2D eigenvalue weighted by molar-refractivity contribution is 6.32. The number of pyridine rings is 1. The minimum Gasteiger partial charge on any atom is -0.480 e. The van der Waals surface area contributed by atoms with E-state index in [9.17, 15) is 0 Å². The highest BCUT2D eigenvalue weighted by Crippen LogP contribution is 2.37. The Morgan fingerprint density at radius 3 is 2.78 bits per heavy atom. The number of fused-ring (bicyclic) bond motifs is 1. The Morgan fingerprint density at radius 1 is 1.30 bits per heavy atom. The number of aryl methyl sites for hydroxylation is 1. The molecule has 0 spiro atoms. The number of nitrogens with one attached hydrogen (secondary N) is 1. The molecule has 0 aliphatic heterocycles. The van der Waals surface area contributed by atoms with Crippen molar-refractivity contribution in [3.8, 4) is 23.1 Å². The lowest BCUT2D eigenvalue weighted by Crippen LogP contribution is -2.11. The van der Waals surface area contributed by atoms with Crippen LogP contribution in [-0.4, -0.2) is 60.4 Å². The number of halogens is 1. The second-order valence-electron chi connectivity index (χ2n) is 6.42. The van der Waals surface area contributed by atoms with Crippen LogP contribution in [0.1, 0.15) is 5.82 Å². The van der Waals surface area contributed by atoms with Crippen LogP contribution in [0, 0.1) is 0 Å². The standard InChI is InChI=1S/C17H19ClN8O/c1-24(2)8-12-20-16(23-22-12)15-14(26-6-5-19-9-26)13-11(25(15)3)7-10(18)17(21-13)27-4/h5-7,9H,8H2,1-4H3,(H,20,22,23). The van der Waals surface area contributed by atoms with Crippen molar-refractivity contribution in [3.63, 3.8) is 0 Å². The maximum Gasteiger partial charge on any atom is 0.233 e. The predicted molar refractivity (Wildman–Crippen MR) is 102 cm³/mol. The fourth-order valence-corrected chi connectivity index (χ4v) is 3.31. The summed E-state index contributed by atoms with van der Waals surface area (Å²) in [5.74, 6) is 1.72. The summed E-state index contributed by atoms with van der Waals surface area (Å²) in [7, 11) is 7.44. The molecule has 1 N–H and O–H groups in total. The zero-order valence-corrected chi connectivity index (χ0v) is 16.2. The highest BCUT2D eigenvalue weighted by atomic mass is 35.5. The first kappa shape index (κ1) is 17.5. The maximum atomic E-state index is 6.31. The predicted octanol–water partition coefficient (Wildman–Crippen LogP) is 2.27. The molecule has 140 valence electrons. The van der Waals surface area contributed by atoms with E-state index >= 15 is 0 Å². The summed E-state index contributed by atoms with van der Waals surface area (Å²) >= 11 is 6.31. The second-order valence-corrected chi connectivity index (χ2v) is 6.82. The molecule has 0 unspecified atom stereocenters. The lowest BCUT2D eigenvalue weighted by Gasteiger charge is -2.06. The second kappa shape index (κ2) is 6.67. The Hall–Kier alpha value is -2.91. The van der Waals surface area contributed by atoms with Gasteiger partial charge in [-0.3, -0.25) is 5.10 Å². The van der Waals surface area contributed by atoms with Crippen LogP contribution in [0.4, 0.5) is 0 Å². The van der Waals surface area contributed by atoms with Crippen LogP contribution >= 0.6 is 11.6 Å². The van der Waals surface area contributed by atoms with Crippen molar-refractivity contribution in [1.82, 2.24) is 39.2 Å². The van der Waals surface area contributed by atoms with Crippen molar-refractivity contribution in [2.75, 3.05) is 21.2 Å². The quantitative estimate of drug-likeness (QED) is 0.566. The van der Waals surface area contributed by atoms with Gasteiger partial charge in [-0.15, -0.1) is 0 Å². The summed E-state index contributed by atoms with van der Waals surface area (Å²) in [4.78, 5) is 15.5. The summed E-state index contributed by atoms with van der Waals surface area (Å²) in [6.07, 6.45) is 5.29. The third-order valence-corrected chi connectivity index (χ3v) is 4.51. The van der Waals surface area contributed by atoms with E-state index in [1.807, 2.05) is 47.4 Å². The number of aromatic amines is 1. The van der Waals surface area contributed by atoms with Gasteiger partial charge in [-0.1, -0.05) is 11.6 Å². The summed E-state index contributed by atoms with van der Waals surface area (Å²) in [6.45, 7) is 0.662. The molecule has 0 radical (unpaired) electrons. The molecule has 0 saturated heterocycles. The number of H-pyrrole nitrogens is 1. The molecular weight excluding hydrogens is 368 g/mol. The van der Waals surface area contributed by atoms with Crippen molar-refractivity contribution in [3.05, 3.63) is 35.6 Å². The first-order valence-electron chi connectivity index (χ1n) is 8.27. The van der Waals surface area contributed by atoms with Crippen molar-refractivity contribution in [1.29, 1.82) is 0 Å². The molecule has 10 heteroatoms. The van der Waals surface area contributed by atoms with E-state index in [0.717, 1.165) is 28.2 Å². The Bertz CT molecular complexity index is 1100. The molecule has 0 amide bonds. The normalized spacial score (nSPS) is 11.6. The molecule has 4 heterocycles. The monoisotopic (exact) mass is 386 g/mol. The molecule has 9 nitrogen and oxygen atoms in total. The Morgan fingerprint density at radius 2 is 2.11 bits per heavy atom. The number of methoxy groups -OCH3 is 1. The lowest BCUT2D eigenvalue weighted by molar-refractivity contribution is 0.391. The largest absolute Gasteiger partial charge is 0.480 e. The number of nitrogens with zero attached hydrogens (tertiary/aromatic N) is 7.